The van der Waals surface area contributed by atoms with E-state index in [0.29, 0.717) is 0 Å². The number of esters is 7. The Balaban J connectivity index is 1.72. The highest BCUT2D eigenvalue weighted by Crippen LogP contribution is 2.44. The van der Waals surface area contributed by atoms with Gasteiger partial charge in [0.2, 0.25) is 23.6 Å². The summed E-state index contributed by atoms with van der Waals surface area (Å²) in [5.74, 6) is -12.5. The molecule has 10 atom stereocenters. The number of hydrogen-bond donors (Lipinski definition) is 5. The van der Waals surface area contributed by atoms with E-state index in [9.17, 15) is 63.9 Å². The average molecular weight is 951 g/mol. The van der Waals surface area contributed by atoms with Gasteiger partial charge in [-0.05, 0) is 12.1 Å². The summed E-state index contributed by atoms with van der Waals surface area (Å²) in [4.78, 5) is 102. The van der Waals surface area contributed by atoms with Crippen LogP contribution in [0.4, 0.5) is 0 Å². The van der Waals surface area contributed by atoms with Gasteiger partial charge in [-0.25, -0.2) is 0 Å². The van der Waals surface area contributed by atoms with E-state index in [1.165, 1.54) is 0 Å². The van der Waals surface area contributed by atoms with E-state index in [2.05, 4.69) is 0 Å². The first-order chi connectivity index (χ1) is 31.4. The number of carbonyl (C=O) groups is 7. The summed E-state index contributed by atoms with van der Waals surface area (Å²) in [6.07, 6.45) is -18.7. The zero-order valence-electron chi connectivity index (χ0n) is 36.6. The van der Waals surface area contributed by atoms with Gasteiger partial charge in [-0.3, -0.25) is 38.4 Å². The SMILES string of the molecule is CC(=O)OCC[C@H]1O[C@@H](Oc2c(-c3cc(O)c(O)c(O)c3)oc3cc(O)cc(O)c3c2=O)[C@H](OC(C)=O)[C@@H](OC(C)=O)[C@@H]1O[C@@H]1O[C@H](COC(C)=O)[C@H](OC(C)=O)[C@H](OC(C)=O)[C@H]1OC(C)=O. The van der Waals surface area contributed by atoms with E-state index in [0.717, 1.165) is 72.7 Å². The molecule has 2 aromatic carbocycles. The predicted octanol–water partition coefficient (Wildman–Crippen LogP) is 1.38. The number of benzene rings is 2. The van der Waals surface area contributed by atoms with Crippen LogP contribution in [0.2, 0.25) is 0 Å². The Morgan fingerprint density at radius 1 is 0.552 bits per heavy atom. The number of phenols is 5. The maximum Gasteiger partial charge on any atom is 0.303 e. The van der Waals surface area contributed by atoms with Gasteiger partial charge in [0.15, 0.2) is 53.7 Å². The Morgan fingerprint density at radius 2 is 1.04 bits per heavy atom. The quantitative estimate of drug-likeness (QED) is 0.0816. The molecule has 2 aliphatic rings. The molecule has 0 saturated carbocycles. The van der Waals surface area contributed by atoms with Crippen LogP contribution in [0.3, 0.4) is 0 Å². The van der Waals surface area contributed by atoms with Crippen molar-refractivity contribution in [3.05, 3.63) is 34.5 Å². The molecule has 0 spiro atoms. The molecule has 2 saturated heterocycles. The fourth-order valence-electron chi connectivity index (χ4n) is 7.20. The van der Waals surface area contributed by atoms with E-state index in [1.807, 2.05) is 0 Å². The van der Waals surface area contributed by atoms with Gasteiger partial charge in [-0.15, -0.1) is 0 Å². The molecule has 1 aromatic heterocycles. The second kappa shape index (κ2) is 21.3. The van der Waals surface area contributed by atoms with Gasteiger partial charge in [-0.1, -0.05) is 0 Å². The van der Waals surface area contributed by atoms with Gasteiger partial charge >= 0.3 is 41.8 Å². The first kappa shape index (κ1) is 50.6. The van der Waals surface area contributed by atoms with Gasteiger partial charge in [-0.2, -0.15) is 0 Å². The van der Waals surface area contributed by atoms with Crippen molar-refractivity contribution in [2.45, 2.75) is 116 Å². The standard InChI is InChI=1S/C42H46O25/c1-15(43)56-9-8-27-34(66-42-40(62-21(7)49)38(60-19(5)47)35(58-17(3)45)29(65-42)14-57-16(2)44)37(59-18(4)46)39(61-20(6)48)41(64-27)67-36-32(55)30-24(51)12-23(50)13-28(30)63-33(36)22-10-25(52)31(54)26(53)11-22/h10-13,27,29,34-35,37-42,50-54H,8-9,14H2,1-7H3/t27-,29-,34-,35+,37+,38+,39-,40-,41+,42+/m1/s1. The summed E-state index contributed by atoms with van der Waals surface area (Å²) in [7, 11) is 0. The number of fused-ring (bicyclic) bond motifs is 1. The molecule has 67 heavy (non-hydrogen) atoms. The number of ether oxygens (including phenoxy) is 11. The van der Waals surface area contributed by atoms with Crippen molar-refractivity contribution in [1.29, 1.82) is 0 Å². The van der Waals surface area contributed by atoms with Crippen LogP contribution in [0.1, 0.15) is 54.9 Å². The van der Waals surface area contributed by atoms with Gasteiger partial charge in [0.1, 0.15) is 41.3 Å². The lowest BCUT2D eigenvalue weighted by Gasteiger charge is -2.48. The molecule has 0 radical (unpaired) electrons. The van der Waals surface area contributed by atoms with Gasteiger partial charge in [0.25, 0.3) is 0 Å². The summed E-state index contributed by atoms with van der Waals surface area (Å²) >= 11 is 0. The maximum absolute atomic E-state index is 14.4. The summed E-state index contributed by atoms with van der Waals surface area (Å²) in [5, 5.41) is 51.3. The lowest BCUT2D eigenvalue weighted by Crippen LogP contribution is -2.67. The first-order valence-corrected chi connectivity index (χ1v) is 20.0. The minimum Gasteiger partial charge on any atom is -0.508 e. The Bertz CT molecular complexity index is 2440. The van der Waals surface area contributed by atoms with Crippen LogP contribution in [0, 0.1) is 0 Å². The van der Waals surface area contributed by atoms with Crippen LogP contribution < -0.4 is 10.2 Å². The monoisotopic (exact) mass is 950 g/mol. The number of hydrogen-bond acceptors (Lipinski definition) is 25. The number of phenolic OH excluding ortho intramolecular Hbond substituents is 5. The van der Waals surface area contributed by atoms with Gasteiger partial charge in [0, 0.05) is 72.6 Å². The average Bonchev–Trinajstić information content (AvgIpc) is 3.20. The van der Waals surface area contributed by atoms with E-state index >= 15 is 0 Å². The van der Waals surface area contributed by atoms with Gasteiger partial charge < -0.3 is 82.1 Å². The molecule has 2 aliphatic heterocycles. The number of carbonyl (C=O) groups excluding carboxylic acids is 7. The smallest absolute Gasteiger partial charge is 0.303 e. The molecule has 5 N–H and O–H groups in total. The van der Waals surface area contributed by atoms with Crippen LogP contribution in [-0.4, -0.2) is 142 Å². The Morgan fingerprint density at radius 3 is 1.58 bits per heavy atom. The van der Waals surface area contributed by atoms with Gasteiger partial charge in [0.05, 0.1) is 12.7 Å². The van der Waals surface area contributed by atoms with Crippen molar-refractivity contribution in [2.75, 3.05) is 13.2 Å². The lowest BCUT2D eigenvalue weighted by molar-refractivity contribution is -0.353. The Kier molecular flexibility index (Phi) is 16.1. The second-order valence-electron chi connectivity index (χ2n) is 14.9. The maximum atomic E-state index is 14.4. The van der Waals surface area contributed by atoms with E-state index in [1.54, 1.807) is 0 Å². The molecule has 25 nitrogen and oxygen atoms in total. The topological polar surface area (TPSA) is 352 Å². The third-order valence-corrected chi connectivity index (χ3v) is 9.63. The van der Waals surface area contributed by atoms with Crippen LogP contribution in [0.15, 0.2) is 33.5 Å². The molecule has 0 unspecified atom stereocenters. The molecule has 3 heterocycles. The molecule has 0 aliphatic carbocycles. The highest BCUT2D eigenvalue weighted by atomic mass is 16.8. The van der Waals surface area contributed by atoms with Crippen LogP contribution in [0.5, 0.6) is 34.5 Å². The highest BCUT2D eigenvalue weighted by Gasteiger charge is 2.58. The lowest BCUT2D eigenvalue weighted by atomic mass is 9.94. The zero-order chi connectivity index (χ0) is 49.6. The van der Waals surface area contributed by atoms with E-state index < -0.39 is 179 Å². The summed E-state index contributed by atoms with van der Waals surface area (Å²) < 4.78 is 68.9. The normalized spacial score (nSPS) is 24.6. The third-order valence-electron chi connectivity index (χ3n) is 9.63. The zero-order valence-corrected chi connectivity index (χ0v) is 36.6. The van der Waals surface area contributed by atoms with Crippen LogP contribution in [0.25, 0.3) is 22.3 Å². The fourth-order valence-corrected chi connectivity index (χ4v) is 7.20. The Labute approximate surface area is 377 Å². The minimum atomic E-state index is -2.11. The van der Waals surface area contributed by atoms with Crippen molar-refractivity contribution < 1.29 is 116 Å². The number of aromatic hydroxyl groups is 5. The summed E-state index contributed by atoms with van der Waals surface area (Å²) in [6.45, 7) is 5.75. The molecule has 0 bridgehead atoms. The predicted molar refractivity (Wildman–Crippen MR) is 215 cm³/mol. The molecule has 3 aromatic rings. The molecule has 5 rings (SSSR count). The van der Waals surface area contributed by atoms with Crippen molar-refractivity contribution >= 4 is 52.8 Å². The largest absolute Gasteiger partial charge is 0.508 e. The summed E-state index contributed by atoms with van der Waals surface area (Å²) in [5.41, 5.74) is -2.03. The van der Waals surface area contributed by atoms with E-state index in [4.69, 9.17) is 56.5 Å². The van der Waals surface area contributed by atoms with Crippen molar-refractivity contribution in [2.24, 2.45) is 0 Å². The van der Waals surface area contributed by atoms with Crippen LogP contribution >= 0.6 is 0 Å². The van der Waals surface area contributed by atoms with Crippen molar-refractivity contribution in [3.63, 3.8) is 0 Å². The highest BCUT2D eigenvalue weighted by molar-refractivity contribution is 5.88. The molecule has 364 valence electrons. The molecule has 2 fully saturated rings. The van der Waals surface area contributed by atoms with Crippen LogP contribution in [-0.2, 0) is 80.9 Å². The molecular formula is C42H46O25. The minimum absolute atomic E-state index is 0.364. The van der Waals surface area contributed by atoms with Crippen molar-refractivity contribution in [1.82, 2.24) is 0 Å². The molecule has 0 amide bonds. The molecule has 25 heteroatoms. The number of rotatable bonds is 15. The Hall–Kier alpha value is -7.38. The van der Waals surface area contributed by atoms with E-state index in [-0.39, 0.29) is 5.56 Å². The van der Waals surface area contributed by atoms with Crippen molar-refractivity contribution in [3.8, 4) is 45.8 Å². The third kappa shape index (κ3) is 12.3. The fraction of sp³-hybridized carbons (Fsp3) is 0.476. The first-order valence-electron chi connectivity index (χ1n) is 20.0. The second-order valence-corrected chi connectivity index (χ2v) is 14.9. The molecular weight excluding hydrogens is 904 g/mol. The summed E-state index contributed by atoms with van der Waals surface area (Å²) in [6, 6.07) is 3.39.